The Morgan fingerprint density at radius 1 is 1.32 bits per heavy atom. The molecule has 0 aromatic rings. The van der Waals surface area contributed by atoms with E-state index in [0.29, 0.717) is 18.5 Å². The first-order valence-electron chi connectivity index (χ1n) is 7.14. The Labute approximate surface area is 113 Å². The van der Waals surface area contributed by atoms with Gasteiger partial charge in [0, 0.05) is 25.2 Å². The van der Waals surface area contributed by atoms with Gasteiger partial charge < -0.3 is 5.32 Å². The van der Waals surface area contributed by atoms with Gasteiger partial charge >= 0.3 is 6.18 Å². The van der Waals surface area contributed by atoms with Crippen molar-refractivity contribution < 1.29 is 13.2 Å². The fourth-order valence-corrected chi connectivity index (χ4v) is 3.17. The topological polar surface area (TPSA) is 15.3 Å². The van der Waals surface area contributed by atoms with Crippen molar-refractivity contribution in [2.75, 3.05) is 32.7 Å². The molecule has 2 aliphatic rings. The van der Waals surface area contributed by atoms with Crippen LogP contribution in [0, 0.1) is 5.41 Å². The summed E-state index contributed by atoms with van der Waals surface area (Å²) in [5.74, 6) is 0. The molecule has 0 aliphatic carbocycles. The molecule has 5 heteroatoms. The number of alkyl halides is 3. The molecule has 0 radical (unpaired) electrons. The minimum absolute atomic E-state index is 0.140. The number of rotatable bonds is 3. The first-order valence-corrected chi connectivity index (χ1v) is 7.14. The maximum Gasteiger partial charge on any atom is 0.412 e. The average molecular weight is 276 g/mol. The summed E-state index contributed by atoms with van der Waals surface area (Å²) in [6.07, 6.45) is 0.755. The minimum Gasteiger partial charge on any atom is -0.317 e. The van der Waals surface area contributed by atoms with Crippen LogP contribution in [-0.2, 0) is 0 Å². The maximum absolute atomic E-state index is 12.6. The van der Waals surface area contributed by atoms with E-state index in [9.17, 15) is 13.2 Å². The monoisotopic (exact) mass is 276 g/mol. The highest BCUT2D eigenvalue weighted by molar-refractivity contribution is 5.13. The molecular weight excluding hydrogens is 253 g/mol. The van der Waals surface area contributed by atoms with Crippen LogP contribution >= 0.6 is 0 Å². The fraction of sp³-hybridized carbons (Fsp3) is 0.857. The number of nitrogens with zero attached hydrogens (tertiary/aromatic N) is 1. The van der Waals surface area contributed by atoms with Crippen molar-refractivity contribution in [2.24, 2.45) is 5.41 Å². The van der Waals surface area contributed by atoms with Crippen LogP contribution in [0.25, 0.3) is 0 Å². The Kier molecular flexibility index (Phi) is 4.56. The zero-order chi connectivity index (χ0) is 13.9. The highest BCUT2D eigenvalue weighted by Crippen LogP contribution is 2.35. The van der Waals surface area contributed by atoms with E-state index in [1.807, 2.05) is 0 Å². The van der Waals surface area contributed by atoms with Gasteiger partial charge in [0.2, 0.25) is 0 Å². The van der Waals surface area contributed by atoms with Gasteiger partial charge in [-0.2, -0.15) is 13.2 Å². The third-order valence-electron chi connectivity index (χ3n) is 4.63. The summed E-state index contributed by atoms with van der Waals surface area (Å²) in [7, 11) is 0. The largest absolute Gasteiger partial charge is 0.412 e. The van der Waals surface area contributed by atoms with Gasteiger partial charge in [-0.1, -0.05) is 13.0 Å². The van der Waals surface area contributed by atoms with Gasteiger partial charge in [-0.25, -0.2) is 0 Å². The fourth-order valence-electron chi connectivity index (χ4n) is 3.17. The normalized spacial score (nSPS) is 25.2. The average Bonchev–Trinajstić information content (AvgIpc) is 2.39. The number of hydrogen-bond acceptors (Lipinski definition) is 2. The van der Waals surface area contributed by atoms with Gasteiger partial charge in [-0.3, -0.25) is 4.90 Å². The minimum atomic E-state index is -4.14. The molecule has 1 N–H and O–H groups in total. The summed E-state index contributed by atoms with van der Waals surface area (Å²) in [6.45, 7) is 6.19. The summed E-state index contributed by atoms with van der Waals surface area (Å²) >= 11 is 0. The summed E-state index contributed by atoms with van der Waals surface area (Å²) in [5, 5.41) is 3.36. The van der Waals surface area contributed by atoms with Gasteiger partial charge in [0.1, 0.15) is 0 Å². The zero-order valence-corrected chi connectivity index (χ0v) is 11.5. The molecule has 2 nitrogen and oxygen atoms in total. The van der Waals surface area contributed by atoms with Crippen LogP contribution < -0.4 is 5.32 Å². The summed E-state index contributed by atoms with van der Waals surface area (Å²) in [6, 6.07) is 0. The van der Waals surface area contributed by atoms with Crippen molar-refractivity contribution in [3.05, 3.63) is 11.6 Å². The molecule has 110 valence electrons. The Morgan fingerprint density at radius 2 is 2.00 bits per heavy atom. The van der Waals surface area contributed by atoms with Crippen LogP contribution in [0.2, 0.25) is 0 Å². The first-order chi connectivity index (χ1) is 8.95. The number of nitrogens with one attached hydrogen (secondary N) is 1. The second-order valence-corrected chi connectivity index (χ2v) is 5.82. The predicted molar refractivity (Wildman–Crippen MR) is 70.0 cm³/mol. The predicted octanol–water partition coefficient (Wildman–Crippen LogP) is 2.96. The van der Waals surface area contributed by atoms with Crippen molar-refractivity contribution in [1.82, 2.24) is 10.2 Å². The summed E-state index contributed by atoms with van der Waals surface area (Å²) < 4.78 is 37.7. The first kappa shape index (κ1) is 14.9. The maximum atomic E-state index is 12.6. The molecule has 2 heterocycles. The molecule has 0 spiro atoms. The molecule has 2 aliphatic heterocycles. The molecule has 0 atom stereocenters. The van der Waals surface area contributed by atoms with E-state index in [-0.39, 0.29) is 12.0 Å². The lowest BCUT2D eigenvalue weighted by atomic mass is 9.76. The quantitative estimate of drug-likeness (QED) is 0.797. The molecule has 2 rings (SSSR count). The second-order valence-electron chi connectivity index (χ2n) is 5.82. The lowest BCUT2D eigenvalue weighted by molar-refractivity contribution is -0.0963. The van der Waals surface area contributed by atoms with Crippen LogP contribution in [0.15, 0.2) is 11.6 Å². The van der Waals surface area contributed by atoms with E-state index in [1.165, 1.54) is 6.08 Å². The molecule has 0 unspecified atom stereocenters. The standard InChI is InChI=1S/C14H23F3N2/c1-2-13(5-7-18-8-6-13)11-19-9-3-12(4-10-19)14(15,16)17/h3,18H,2,4-11H2,1H3. The third kappa shape index (κ3) is 3.72. The van der Waals surface area contributed by atoms with E-state index in [0.717, 1.165) is 38.9 Å². The summed E-state index contributed by atoms with van der Waals surface area (Å²) in [5.41, 5.74) is -0.0472. The van der Waals surface area contributed by atoms with Crippen LogP contribution in [-0.4, -0.2) is 43.8 Å². The van der Waals surface area contributed by atoms with Crippen molar-refractivity contribution >= 4 is 0 Å². The number of hydrogen-bond donors (Lipinski definition) is 1. The zero-order valence-electron chi connectivity index (χ0n) is 11.5. The summed E-state index contributed by atoms with van der Waals surface area (Å²) in [4.78, 5) is 2.18. The van der Waals surface area contributed by atoms with E-state index < -0.39 is 6.18 Å². The van der Waals surface area contributed by atoms with Gasteiger partial charge in [-0.05, 0) is 44.2 Å². The second kappa shape index (κ2) is 5.83. The van der Waals surface area contributed by atoms with Crippen LogP contribution in [0.5, 0.6) is 0 Å². The molecule has 0 aromatic carbocycles. The highest BCUT2D eigenvalue weighted by Gasteiger charge is 2.37. The van der Waals surface area contributed by atoms with E-state index in [1.54, 1.807) is 0 Å². The van der Waals surface area contributed by atoms with Crippen LogP contribution in [0.1, 0.15) is 32.6 Å². The third-order valence-corrected chi connectivity index (χ3v) is 4.63. The Hall–Kier alpha value is -0.550. The van der Waals surface area contributed by atoms with Crippen molar-refractivity contribution in [3.8, 4) is 0 Å². The molecule has 0 saturated carbocycles. The van der Waals surface area contributed by atoms with Crippen molar-refractivity contribution in [2.45, 2.75) is 38.8 Å². The Bertz CT molecular complexity index is 330. The van der Waals surface area contributed by atoms with Gasteiger partial charge in [-0.15, -0.1) is 0 Å². The van der Waals surface area contributed by atoms with E-state index >= 15 is 0 Å². The molecule has 0 bridgehead atoms. The van der Waals surface area contributed by atoms with Gasteiger partial charge in [0.25, 0.3) is 0 Å². The smallest absolute Gasteiger partial charge is 0.317 e. The van der Waals surface area contributed by atoms with Gasteiger partial charge in [0.15, 0.2) is 0 Å². The lowest BCUT2D eigenvalue weighted by Crippen LogP contribution is -2.46. The van der Waals surface area contributed by atoms with Gasteiger partial charge in [0.05, 0.1) is 0 Å². The number of piperidine rings is 1. The molecule has 0 aromatic heterocycles. The van der Waals surface area contributed by atoms with E-state index in [2.05, 4.69) is 17.1 Å². The molecule has 1 saturated heterocycles. The van der Waals surface area contributed by atoms with E-state index in [4.69, 9.17) is 0 Å². The SMILES string of the molecule is CCC1(CN2CC=C(C(F)(F)F)CC2)CCNCC1. The molecule has 0 amide bonds. The highest BCUT2D eigenvalue weighted by atomic mass is 19.4. The lowest BCUT2D eigenvalue weighted by Gasteiger charge is -2.41. The Balaban J connectivity index is 1.93. The molecule has 19 heavy (non-hydrogen) atoms. The number of halogens is 3. The molecular formula is C14H23F3N2. The van der Waals surface area contributed by atoms with Crippen molar-refractivity contribution in [1.29, 1.82) is 0 Å². The van der Waals surface area contributed by atoms with Crippen molar-refractivity contribution in [3.63, 3.8) is 0 Å². The van der Waals surface area contributed by atoms with Crippen LogP contribution in [0.4, 0.5) is 13.2 Å². The van der Waals surface area contributed by atoms with Crippen LogP contribution in [0.3, 0.4) is 0 Å². The molecule has 1 fully saturated rings. The Morgan fingerprint density at radius 3 is 2.47 bits per heavy atom.